The largest absolute Gasteiger partial charge is 0.245 e. The van der Waals surface area contributed by atoms with E-state index in [0.717, 1.165) is 5.71 Å². The zero-order valence-electron chi connectivity index (χ0n) is 6.31. The van der Waals surface area contributed by atoms with Gasteiger partial charge in [-0.2, -0.15) is 5.10 Å². The van der Waals surface area contributed by atoms with Crippen LogP contribution in [0.25, 0.3) is 0 Å². The second kappa shape index (κ2) is 10.2. The van der Waals surface area contributed by atoms with Crippen LogP contribution in [0, 0.1) is 0 Å². The fraction of sp³-hybridized carbons (Fsp3) is 0.500. The first-order valence-corrected chi connectivity index (χ1v) is 2.93. The Morgan fingerprint density at radius 3 is 2.22 bits per heavy atom. The molecule has 3 N–H and O–H groups in total. The number of hydrogen-bond donors (Lipinski definition) is 2. The van der Waals surface area contributed by atoms with E-state index in [2.05, 4.69) is 17.2 Å². The van der Waals surface area contributed by atoms with Crippen LogP contribution in [-0.4, -0.2) is 5.71 Å². The van der Waals surface area contributed by atoms with Gasteiger partial charge in [-0.15, -0.1) is 0 Å². The van der Waals surface area contributed by atoms with Gasteiger partial charge < -0.3 is 0 Å². The van der Waals surface area contributed by atoms with Crippen molar-refractivity contribution in [2.75, 3.05) is 0 Å². The molecule has 54 valence electrons. The molecule has 0 saturated heterocycles. The standard InChI is InChI=1S/C4H9N3.C2H6/c1-3-4(2)6-7-5;1-2/h3,7H,1,5H2,2H3;1-2H3/b6-4-;. The summed E-state index contributed by atoms with van der Waals surface area (Å²) < 4.78 is 0. The van der Waals surface area contributed by atoms with Crippen LogP contribution in [0.4, 0.5) is 0 Å². The molecule has 0 aliphatic rings. The van der Waals surface area contributed by atoms with Gasteiger partial charge in [-0.05, 0) is 13.0 Å². The van der Waals surface area contributed by atoms with Gasteiger partial charge in [0.1, 0.15) is 0 Å². The Morgan fingerprint density at radius 1 is 1.67 bits per heavy atom. The smallest absolute Gasteiger partial charge is 0.0581 e. The number of hydrazone groups is 1. The first-order chi connectivity index (χ1) is 4.31. The van der Waals surface area contributed by atoms with Gasteiger partial charge in [0.05, 0.1) is 5.71 Å². The van der Waals surface area contributed by atoms with Crippen molar-refractivity contribution < 1.29 is 0 Å². The van der Waals surface area contributed by atoms with Crippen LogP contribution in [0.15, 0.2) is 17.8 Å². The third kappa shape index (κ3) is 11.0. The molecule has 0 radical (unpaired) electrons. The number of nitrogens with two attached hydrogens (primary N) is 1. The van der Waals surface area contributed by atoms with Gasteiger partial charge in [-0.1, -0.05) is 20.4 Å². The van der Waals surface area contributed by atoms with E-state index in [0.29, 0.717) is 0 Å². The average molecular weight is 129 g/mol. The molecule has 0 saturated carbocycles. The molecular formula is C6H15N3. The molecule has 3 nitrogen and oxygen atoms in total. The Labute approximate surface area is 56.6 Å². The maximum absolute atomic E-state index is 4.82. The number of rotatable bonds is 2. The highest BCUT2D eigenvalue weighted by atomic mass is 15.5. The van der Waals surface area contributed by atoms with E-state index in [1.165, 1.54) is 0 Å². The summed E-state index contributed by atoms with van der Waals surface area (Å²) in [5, 5.41) is 3.57. The molecule has 0 heterocycles. The maximum atomic E-state index is 4.82. The monoisotopic (exact) mass is 129 g/mol. The van der Waals surface area contributed by atoms with Crippen LogP contribution in [0.3, 0.4) is 0 Å². The van der Waals surface area contributed by atoms with Crippen molar-refractivity contribution in [2.24, 2.45) is 10.9 Å². The lowest BCUT2D eigenvalue weighted by Crippen LogP contribution is -2.15. The van der Waals surface area contributed by atoms with E-state index >= 15 is 0 Å². The summed E-state index contributed by atoms with van der Waals surface area (Å²) in [6, 6.07) is 0. The summed E-state index contributed by atoms with van der Waals surface area (Å²) >= 11 is 0. The van der Waals surface area contributed by atoms with Crippen LogP contribution in [0.5, 0.6) is 0 Å². The van der Waals surface area contributed by atoms with Crippen molar-refractivity contribution in [3.8, 4) is 0 Å². The van der Waals surface area contributed by atoms with Crippen molar-refractivity contribution in [3.05, 3.63) is 12.7 Å². The van der Waals surface area contributed by atoms with E-state index in [-0.39, 0.29) is 0 Å². The predicted octanol–water partition coefficient (Wildman–Crippen LogP) is 1.04. The predicted molar refractivity (Wildman–Crippen MR) is 42.0 cm³/mol. The first-order valence-electron chi connectivity index (χ1n) is 2.93. The summed E-state index contributed by atoms with van der Waals surface area (Å²) in [5.41, 5.74) is 2.92. The van der Waals surface area contributed by atoms with Crippen LogP contribution in [-0.2, 0) is 0 Å². The van der Waals surface area contributed by atoms with Gasteiger partial charge in [0.15, 0.2) is 0 Å². The van der Waals surface area contributed by atoms with E-state index < -0.39 is 0 Å². The summed E-state index contributed by atoms with van der Waals surface area (Å²) in [4.78, 5) is 0. The molecular weight excluding hydrogens is 114 g/mol. The summed E-state index contributed by atoms with van der Waals surface area (Å²) in [5.74, 6) is 4.82. The molecule has 0 aromatic rings. The molecule has 3 heteroatoms. The first kappa shape index (κ1) is 11.0. The molecule has 0 aliphatic carbocycles. The zero-order chi connectivity index (χ0) is 7.70. The quantitative estimate of drug-likeness (QED) is 0.332. The minimum absolute atomic E-state index is 0.780. The molecule has 0 aromatic heterocycles. The molecule has 0 aliphatic heterocycles. The SMILES string of the molecule is C=C/C(C)=N\NN.CC. The van der Waals surface area contributed by atoms with Gasteiger partial charge in [-0.3, -0.25) is 0 Å². The third-order valence-corrected chi connectivity index (χ3v) is 0.536. The summed E-state index contributed by atoms with van der Waals surface area (Å²) in [6.07, 6.45) is 1.61. The molecule has 0 amide bonds. The van der Waals surface area contributed by atoms with Crippen LogP contribution >= 0.6 is 0 Å². The summed E-state index contributed by atoms with van der Waals surface area (Å²) in [7, 11) is 0. The molecule has 0 spiro atoms. The molecule has 0 atom stereocenters. The Hall–Kier alpha value is -0.830. The summed E-state index contributed by atoms with van der Waals surface area (Å²) in [6.45, 7) is 9.25. The maximum Gasteiger partial charge on any atom is 0.0581 e. The van der Waals surface area contributed by atoms with Gasteiger partial charge >= 0.3 is 0 Å². The minimum atomic E-state index is 0.780. The second-order valence-corrected chi connectivity index (χ2v) is 1.09. The Kier molecular flexibility index (Phi) is 12.5. The number of nitrogens with zero attached hydrogens (tertiary/aromatic N) is 1. The number of hydrogen-bond acceptors (Lipinski definition) is 3. The van der Waals surface area contributed by atoms with E-state index in [1.807, 2.05) is 13.8 Å². The van der Waals surface area contributed by atoms with Crippen molar-refractivity contribution >= 4 is 5.71 Å². The molecule has 9 heavy (non-hydrogen) atoms. The molecule has 0 aromatic carbocycles. The van der Waals surface area contributed by atoms with Crippen LogP contribution < -0.4 is 11.4 Å². The van der Waals surface area contributed by atoms with Gasteiger partial charge in [-0.25, -0.2) is 11.4 Å². The number of hydrazine groups is 1. The van der Waals surface area contributed by atoms with Crippen LogP contribution in [0.1, 0.15) is 20.8 Å². The van der Waals surface area contributed by atoms with E-state index in [4.69, 9.17) is 5.84 Å². The molecule has 0 fully saturated rings. The molecule has 0 rings (SSSR count). The van der Waals surface area contributed by atoms with Crippen molar-refractivity contribution in [1.29, 1.82) is 0 Å². The number of allylic oxidation sites excluding steroid dienone is 1. The molecule has 0 bridgehead atoms. The number of nitrogens with one attached hydrogen (secondary N) is 1. The fourth-order valence-corrected chi connectivity index (χ4v) is 0.147. The Balaban J connectivity index is 0. The second-order valence-electron chi connectivity index (χ2n) is 1.09. The van der Waals surface area contributed by atoms with Crippen molar-refractivity contribution in [1.82, 2.24) is 5.53 Å². The minimum Gasteiger partial charge on any atom is -0.245 e. The van der Waals surface area contributed by atoms with Gasteiger partial charge in [0.2, 0.25) is 0 Å². The lowest BCUT2D eigenvalue weighted by molar-refractivity contribution is 0.806. The van der Waals surface area contributed by atoms with Crippen molar-refractivity contribution in [2.45, 2.75) is 20.8 Å². The molecule has 0 unspecified atom stereocenters. The third-order valence-electron chi connectivity index (χ3n) is 0.536. The fourth-order valence-electron chi connectivity index (χ4n) is 0.147. The lowest BCUT2D eigenvalue weighted by Gasteiger charge is -1.86. The van der Waals surface area contributed by atoms with E-state index in [1.54, 1.807) is 13.0 Å². The average Bonchev–Trinajstić information content (AvgIpc) is 1.93. The lowest BCUT2D eigenvalue weighted by atomic mass is 10.4. The van der Waals surface area contributed by atoms with Crippen molar-refractivity contribution in [3.63, 3.8) is 0 Å². The topological polar surface area (TPSA) is 50.4 Å². The highest BCUT2D eigenvalue weighted by Crippen LogP contribution is 1.69. The zero-order valence-corrected chi connectivity index (χ0v) is 6.31. The van der Waals surface area contributed by atoms with Gasteiger partial charge in [0, 0.05) is 0 Å². The van der Waals surface area contributed by atoms with E-state index in [9.17, 15) is 0 Å². The Morgan fingerprint density at radius 2 is 2.11 bits per heavy atom. The van der Waals surface area contributed by atoms with Gasteiger partial charge in [0.25, 0.3) is 0 Å². The highest BCUT2D eigenvalue weighted by Gasteiger charge is 1.72. The highest BCUT2D eigenvalue weighted by molar-refractivity contribution is 5.91. The normalized spacial score (nSPS) is 9.11. The van der Waals surface area contributed by atoms with Crippen LogP contribution in [0.2, 0.25) is 0 Å². The Bertz CT molecular complexity index is 86.3.